The van der Waals surface area contributed by atoms with Gasteiger partial charge in [0.05, 0.1) is 23.1 Å². The van der Waals surface area contributed by atoms with Gasteiger partial charge in [0.2, 0.25) is 0 Å². The topological polar surface area (TPSA) is 87.4 Å². The number of aryl methyl sites for hydroxylation is 1. The van der Waals surface area contributed by atoms with Crippen LogP contribution >= 0.6 is 0 Å². The summed E-state index contributed by atoms with van der Waals surface area (Å²) < 4.78 is 3.91. The molecule has 0 radical (unpaired) electrons. The molecule has 7 nitrogen and oxygen atoms in total. The van der Waals surface area contributed by atoms with Crippen LogP contribution in [0.15, 0.2) is 55.0 Å². The number of anilines is 1. The minimum Gasteiger partial charge on any atom is -0.383 e. The lowest BCUT2D eigenvalue weighted by Gasteiger charge is -2.10. The molecule has 0 bridgehead atoms. The number of nitrogens with zero attached hydrogens (tertiary/aromatic N) is 6. The lowest BCUT2D eigenvalue weighted by molar-refractivity contribution is 0.488. The van der Waals surface area contributed by atoms with E-state index < -0.39 is 0 Å². The Balaban J connectivity index is 1.59. The number of hydrogen-bond acceptors (Lipinski definition) is 5. The van der Waals surface area contributed by atoms with Crippen LogP contribution in [0, 0.1) is 0 Å². The lowest BCUT2D eigenvalue weighted by Crippen LogP contribution is -2.11. The number of nitrogens with two attached hydrogens (primary N) is 1. The Hall–Kier alpha value is -3.74. The maximum absolute atomic E-state index is 6.31. The highest BCUT2D eigenvalue weighted by Crippen LogP contribution is 2.38. The van der Waals surface area contributed by atoms with Crippen molar-refractivity contribution in [1.29, 1.82) is 0 Å². The van der Waals surface area contributed by atoms with E-state index in [4.69, 9.17) is 10.8 Å². The van der Waals surface area contributed by atoms with Crippen LogP contribution in [0.4, 0.5) is 5.82 Å². The summed E-state index contributed by atoms with van der Waals surface area (Å²) in [5.74, 6) is 0.452. The summed E-state index contributed by atoms with van der Waals surface area (Å²) in [4.78, 5) is 8.82. The molecule has 142 valence electrons. The van der Waals surface area contributed by atoms with Gasteiger partial charge >= 0.3 is 0 Å². The highest BCUT2D eigenvalue weighted by atomic mass is 15.3. The van der Waals surface area contributed by atoms with E-state index in [1.807, 2.05) is 28.7 Å². The highest BCUT2D eigenvalue weighted by molar-refractivity contribution is 6.05. The molecule has 2 aromatic carbocycles. The molecule has 1 aliphatic rings. The van der Waals surface area contributed by atoms with E-state index in [0.717, 1.165) is 46.0 Å². The van der Waals surface area contributed by atoms with Gasteiger partial charge in [0.15, 0.2) is 5.65 Å². The van der Waals surface area contributed by atoms with E-state index in [1.165, 1.54) is 17.5 Å². The molecule has 0 spiro atoms. The second-order valence-corrected chi connectivity index (χ2v) is 7.59. The van der Waals surface area contributed by atoms with Gasteiger partial charge in [-0.2, -0.15) is 10.2 Å². The fraction of sp³-hybridized carbons (Fsp3) is 0.182. The normalized spacial score (nSPS) is 14.1. The van der Waals surface area contributed by atoms with E-state index in [0.29, 0.717) is 5.82 Å². The second kappa shape index (κ2) is 5.88. The molecule has 0 fully saturated rings. The molecule has 29 heavy (non-hydrogen) atoms. The van der Waals surface area contributed by atoms with Crippen LogP contribution in [-0.4, -0.2) is 29.5 Å². The highest BCUT2D eigenvalue weighted by Gasteiger charge is 2.28. The van der Waals surface area contributed by atoms with E-state index in [-0.39, 0.29) is 6.04 Å². The number of nitrogen functional groups attached to an aromatic ring is 1. The Morgan fingerprint density at radius 2 is 1.79 bits per heavy atom. The molecular formula is C22H19N7. The molecule has 5 aromatic rings. The minimum atomic E-state index is 0.214. The van der Waals surface area contributed by atoms with Crippen molar-refractivity contribution in [2.75, 3.05) is 5.73 Å². The Morgan fingerprint density at radius 1 is 1.00 bits per heavy atom. The summed E-state index contributed by atoms with van der Waals surface area (Å²) in [5.41, 5.74) is 12.7. The third kappa shape index (κ3) is 2.30. The first-order chi connectivity index (χ1) is 14.2. The average Bonchev–Trinajstić information content (AvgIpc) is 3.43. The standard InChI is InChI=1S/C22H19N7/c1-28-18-8-4-7-16(17(18)11-26-28)20-19-21(23)24-12-25-22(19)29(27-20)15-9-13-5-2-3-6-14(13)10-15/h2-8,11-12,15H,9-10H2,1H3,(H2,23,24,25). The molecule has 3 heterocycles. The molecule has 0 atom stereocenters. The van der Waals surface area contributed by atoms with E-state index >= 15 is 0 Å². The van der Waals surface area contributed by atoms with Crippen molar-refractivity contribution >= 4 is 27.8 Å². The lowest BCUT2D eigenvalue weighted by atomic mass is 10.1. The first-order valence-electron chi connectivity index (χ1n) is 9.67. The van der Waals surface area contributed by atoms with E-state index in [1.54, 1.807) is 0 Å². The van der Waals surface area contributed by atoms with Gasteiger partial charge in [0.25, 0.3) is 0 Å². The zero-order valence-corrected chi connectivity index (χ0v) is 15.9. The number of fused-ring (bicyclic) bond motifs is 3. The molecule has 1 aliphatic carbocycles. The van der Waals surface area contributed by atoms with Gasteiger partial charge < -0.3 is 5.73 Å². The maximum Gasteiger partial charge on any atom is 0.164 e. The number of aromatic nitrogens is 6. The van der Waals surface area contributed by atoms with Gasteiger partial charge in [0.1, 0.15) is 17.8 Å². The zero-order chi connectivity index (χ0) is 19.5. The number of benzene rings is 2. The van der Waals surface area contributed by atoms with Crippen molar-refractivity contribution in [3.05, 3.63) is 66.1 Å². The molecule has 6 rings (SSSR count). The molecule has 7 heteroatoms. The van der Waals surface area contributed by atoms with E-state index in [9.17, 15) is 0 Å². The van der Waals surface area contributed by atoms with Crippen LogP contribution < -0.4 is 5.73 Å². The Morgan fingerprint density at radius 3 is 2.59 bits per heavy atom. The van der Waals surface area contributed by atoms with Gasteiger partial charge in [0, 0.05) is 18.0 Å². The zero-order valence-electron chi connectivity index (χ0n) is 15.9. The Kier molecular flexibility index (Phi) is 3.29. The fourth-order valence-corrected chi connectivity index (χ4v) is 4.53. The minimum absolute atomic E-state index is 0.214. The van der Waals surface area contributed by atoms with Crippen LogP contribution in [0.25, 0.3) is 33.2 Å². The van der Waals surface area contributed by atoms with Crippen molar-refractivity contribution in [2.24, 2.45) is 7.05 Å². The first-order valence-corrected chi connectivity index (χ1v) is 9.67. The second-order valence-electron chi connectivity index (χ2n) is 7.59. The number of rotatable bonds is 2. The summed E-state index contributed by atoms with van der Waals surface area (Å²) in [5, 5.41) is 11.3. The average molecular weight is 381 g/mol. The molecule has 0 unspecified atom stereocenters. The van der Waals surface area contributed by atoms with Gasteiger partial charge in [-0.05, 0) is 30.0 Å². The van der Waals surface area contributed by atoms with Crippen molar-refractivity contribution in [1.82, 2.24) is 29.5 Å². The van der Waals surface area contributed by atoms with Gasteiger partial charge in [-0.25, -0.2) is 14.6 Å². The smallest absolute Gasteiger partial charge is 0.164 e. The fourth-order valence-electron chi connectivity index (χ4n) is 4.53. The van der Waals surface area contributed by atoms with Crippen molar-refractivity contribution in [2.45, 2.75) is 18.9 Å². The quantitative estimate of drug-likeness (QED) is 0.507. The summed E-state index contributed by atoms with van der Waals surface area (Å²) in [6, 6.07) is 14.9. The van der Waals surface area contributed by atoms with Gasteiger partial charge in [-0.1, -0.05) is 36.4 Å². The van der Waals surface area contributed by atoms with Crippen LogP contribution in [0.5, 0.6) is 0 Å². The third-order valence-electron chi connectivity index (χ3n) is 5.94. The molecule has 0 amide bonds. The molecule has 2 N–H and O–H groups in total. The summed E-state index contributed by atoms with van der Waals surface area (Å²) in [7, 11) is 1.94. The Labute approximate surface area is 166 Å². The summed E-state index contributed by atoms with van der Waals surface area (Å²) in [6.07, 6.45) is 5.27. The number of hydrogen-bond donors (Lipinski definition) is 1. The van der Waals surface area contributed by atoms with Crippen LogP contribution in [-0.2, 0) is 19.9 Å². The predicted octanol–water partition coefficient (Wildman–Crippen LogP) is 3.30. The molecule has 0 saturated carbocycles. The SMILES string of the molecule is Cn1ncc2c(-c3nn(C4Cc5ccccc5C4)c4ncnc(N)c34)cccc21. The van der Waals surface area contributed by atoms with Crippen molar-refractivity contribution in [3.8, 4) is 11.3 Å². The van der Waals surface area contributed by atoms with Crippen LogP contribution in [0.2, 0.25) is 0 Å². The Bertz CT molecular complexity index is 1370. The maximum atomic E-state index is 6.31. The third-order valence-corrected chi connectivity index (χ3v) is 5.94. The van der Waals surface area contributed by atoms with E-state index in [2.05, 4.69) is 51.5 Å². The van der Waals surface area contributed by atoms with Crippen LogP contribution in [0.3, 0.4) is 0 Å². The molecule has 0 saturated heterocycles. The molecule has 0 aliphatic heterocycles. The monoisotopic (exact) mass is 381 g/mol. The largest absolute Gasteiger partial charge is 0.383 e. The van der Waals surface area contributed by atoms with Crippen molar-refractivity contribution in [3.63, 3.8) is 0 Å². The molecular weight excluding hydrogens is 362 g/mol. The predicted molar refractivity (Wildman–Crippen MR) is 112 cm³/mol. The van der Waals surface area contributed by atoms with Gasteiger partial charge in [-0.3, -0.25) is 4.68 Å². The first kappa shape index (κ1) is 16.2. The van der Waals surface area contributed by atoms with Gasteiger partial charge in [-0.15, -0.1) is 0 Å². The van der Waals surface area contributed by atoms with Crippen LogP contribution in [0.1, 0.15) is 17.2 Å². The molecule has 3 aromatic heterocycles. The summed E-state index contributed by atoms with van der Waals surface area (Å²) >= 11 is 0. The van der Waals surface area contributed by atoms with Crippen molar-refractivity contribution < 1.29 is 0 Å². The summed E-state index contributed by atoms with van der Waals surface area (Å²) in [6.45, 7) is 0.